The van der Waals surface area contributed by atoms with Crippen molar-refractivity contribution in [2.45, 2.75) is 6.42 Å². The summed E-state index contributed by atoms with van der Waals surface area (Å²) in [5.41, 5.74) is 0.914. The summed E-state index contributed by atoms with van der Waals surface area (Å²) in [5.74, 6) is 0.117. The lowest BCUT2D eigenvalue weighted by Crippen LogP contribution is -1.79. The highest BCUT2D eigenvalue weighted by Crippen LogP contribution is 2.41. The number of rotatable bonds is 1. The molecule has 0 saturated carbocycles. The topological polar surface area (TPSA) is 44.0 Å². The van der Waals surface area contributed by atoms with Gasteiger partial charge >= 0.3 is 0 Å². The Bertz CT molecular complexity index is 527. The van der Waals surface area contributed by atoms with Gasteiger partial charge in [-0.2, -0.15) is 5.26 Å². The van der Waals surface area contributed by atoms with Crippen molar-refractivity contribution in [3.8, 4) is 11.8 Å². The van der Waals surface area contributed by atoms with Gasteiger partial charge in [0.2, 0.25) is 0 Å². The highest BCUT2D eigenvalue weighted by molar-refractivity contribution is 7.23. The van der Waals surface area contributed by atoms with Crippen molar-refractivity contribution < 1.29 is 5.11 Å². The molecular formula is C10H6ClNOS. The monoisotopic (exact) mass is 223 g/mol. The summed E-state index contributed by atoms with van der Waals surface area (Å²) in [6.45, 7) is 0. The molecule has 0 atom stereocenters. The Balaban J connectivity index is 2.76. The molecule has 0 amide bonds. The Morgan fingerprint density at radius 1 is 1.50 bits per heavy atom. The molecule has 1 heterocycles. The van der Waals surface area contributed by atoms with Crippen LogP contribution in [-0.2, 0) is 6.42 Å². The average molecular weight is 224 g/mol. The van der Waals surface area contributed by atoms with Crippen LogP contribution in [0.5, 0.6) is 5.75 Å². The third-order valence-corrected chi connectivity index (χ3v) is 3.47. The second kappa shape index (κ2) is 3.49. The molecule has 0 unspecified atom stereocenters. The van der Waals surface area contributed by atoms with Crippen molar-refractivity contribution in [1.29, 1.82) is 5.26 Å². The zero-order valence-corrected chi connectivity index (χ0v) is 8.69. The molecule has 2 nitrogen and oxygen atoms in total. The van der Waals surface area contributed by atoms with Gasteiger partial charge in [-0.05, 0) is 11.6 Å². The van der Waals surface area contributed by atoms with Gasteiger partial charge in [-0.3, -0.25) is 0 Å². The van der Waals surface area contributed by atoms with Crippen LogP contribution in [0, 0.1) is 11.3 Å². The van der Waals surface area contributed by atoms with E-state index in [0.29, 0.717) is 10.8 Å². The molecule has 2 aromatic rings. The van der Waals surface area contributed by atoms with E-state index in [-0.39, 0.29) is 5.75 Å². The van der Waals surface area contributed by atoms with Gasteiger partial charge < -0.3 is 5.11 Å². The quantitative estimate of drug-likeness (QED) is 0.806. The maximum atomic E-state index is 9.59. The number of halogens is 1. The van der Waals surface area contributed by atoms with E-state index in [4.69, 9.17) is 16.9 Å². The minimum absolute atomic E-state index is 0.117. The zero-order valence-electron chi connectivity index (χ0n) is 7.12. The molecule has 0 bridgehead atoms. The van der Waals surface area contributed by atoms with Gasteiger partial charge in [-0.15, -0.1) is 11.3 Å². The molecule has 2 rings (SSSR count). The lowest BCUT2D eigenvalue weighted by atomic mass is 10.1. The van der Waals surface area contributed by atoms with Crippen LogP contribution in [-0.4, -0.2) is 5.11 Å². The van der Waals surface area contributed by atoms with E-state index in [2.05, 4.69) is 6.07 Å². The minimum Gasteiger partial charge on any atom is -0.505 e. The first-order valence-electron chi connectivity index (χ1n) is 4.00. The van der Waals surface area contributed by atoms with E-state index in [1.165, 1.54) is 11.3 Å². The highest BCUT2D eigenvalue weighted by Gasteiger charge is 2.11. The largest absolute Gasteiger partial charge is 0.505 e. The minimum atomic E-state index is 0.117. The number of benzene rings is 1. The van der Waals surface area contributed by atoms with Crippen molar-refractivity contribution >= 4 is 33.0 Å². The standard InChI is InChI=1S/C10H6ClNOS/c11-10-8(13)7-3-1-2-6(4-5-12)9(7)14-10/h1-3,13H,4H2. The molecule has 0 spiro atoms. The summed E-state index contributed by atoms with van der Waals surface area (Å²) in [4.78, 5) is 0. The van der Waals surface area contributed by atoms with Crippen LogP contribution in [0.25, 0.3) is 10.1 Å². The van der Waals surface area contributed by atoms with E-state index < -0.39 is 0 Å². The highest BCUT2D eigenvalue weighted by atomic mass is 35.5. The molecule has 0 aliphatic rings. The summed E-state index contributed by atoms with van der Waals surface area (Å²) in [6.07, 6.45) is 0.341. The van der Waals surface area contributed by atoms with E-state index >= 15 is 0 Å². The van der Waals surface area contributed by atoms with E-state index in [1.54, 1.807) is 6.07 Å². The van der Waals surface area contributed by atoms with Gasteiger partial charge in [0.1, 0.15) is 4.34 Å². The van der Waals surface area contributed by atoms with Crippen molar-refractivity contribution in [3.63, 3.8) is 0 Å². The fourth-order valence-electron chi connectivity index (χ4n) is 1.36. The molecule has 1 N–H and O–H groups in total. The van der Waals surface area contributed by atoms with Crippen LogP contribution in [0.2, 0.25) is 4.34 Å². The van der Waals surface area contributed by atoms with Gasteiger partial charge in [0.25, 0.3) is 0 Å². The number of fused-ring (bicyclic) bond motifs is 1. The average Bonchev–Trinajstić information content (AvgIpc) is 2.46. The number of thiophene rings is 1. The molecule has 4 heteroatoms. The zero-order chi connectivity index (χ0) is 10.1. The normalized spacial score (nSPS) is 10.3. The molecule has 14 heavy (non-hydrogen) atoms. The summed E-state index contributed by atoms with van der Waals surface area (Å²) >= 11 is 7.12. The second-order valence-electron chi connectivity index (χ2n) is 2.85. The summed E-state index contributed by atoms with van der Waals surface area (Å²) < 4.78 is 1.28. The Hall–Kier alpha value is -1.24. The predicted octanol–water partition coefficient (Wildman–Crippen LogP) is 3.33. The molecule has 0 aliphatic carbocycles. The Kier molecular flexibility index (Phi) is 2.32. The number of nitriles is 1. The number of nitrogens with zero attached hydrogens (tertiary/aromatic N) is 1. The van der Waals surface area contributed by atoms with Crippen LogP contribution in [0.3, 0.4) is 0 Å². The Labute approximate surface area is 90.0 Å². The van der Waals surface area contributed by atoms with Gasteiger partial charge in [0.05, 0.1) is 12.5 Å². The first-order chi connectivity index (χ1) is 6.74. The first kappa shape index (κ1) is 9.32. The van der Waals surface area contributed by atoms with Gasteiger partial charge in [0, 0.05) is 10.1 Å². The van der Waals surface area contributed by atoms with E-state index in [0.717, 1.165) is 15.6 Å². The molecular weight excluding hydrogens is 218 g/mol. The van der Waals surface area contributed by atoms with E-state index in [9.17, 15) is 5.11 Å². The van der Waals surface area contributed by atoms with Crippen LogP contribution < -0.4 is 0 Å². The van der Waals surface area contributed by atoms with Gasteiger partial charge in [-0.1, -0.05) is 23.7 Å². The summed E-state index contributed by atoms with van der Waals surface area (Å²) in [5, 5.41) is 18.9. The summed E-state index contributed by atoms with van der Waals surface area (Å²) in [7, 11) is 0. The SMILES string of the molecule is N#CCc1cccc2c(O)c(Cl)sc12. The maximum Gasteiger partial charge on any atom is 0.152 e. The molecule has 1 aromatic carbocycles. The van der Waals surface area contributed by atoms with Crippen molar-refractivity contribution in [1.82, 2.24) is 0 Å². The number of hydrogen-bond acceptors (Lipinski definition) is 3. The predicted molar refractivity (Wildman–Crippen MR) is 57.8 cm³/mol. The molecule has 0 fully saturated rings. The van der Waals surface area contributed by atoms with Crippen LogP contribution in [0.15, 0.2) is 18.2 Å². The van der Waals surface area contributed by atoms with Gasteiger partial charge in [0.15, 0.2) is 5.75 Å². The fraction of sp³-hybridized carbons (Fsp3) is 0.100. The van der Waals surface area contributed by atoms with Crippen LogP contribution >= 0.6 is 22.9 Å². The van der Waals surface area contributed by atoms with Crippen molar-refractivity contribution in [3.05, 3.63) is 28.1 Å². The fourth-order valence-corrected chi connectivity index (χ4v) is 2.63. The Morgan fingerprint density at radius 2 is 2.29 bits per heavy atom. The number of hydrogen-bond donors (Lipinski definition) is 1. The molecule has 0 radical (unpaired) electrons. The Morgan fingerprint density at radius 3 is 3.00 bits per heavy atom. The molecule has 1 aromatic heterocycles. The summed E-state index contributed by atoms with van der Waals surface area (Å²) in [6, 6.07) is 7.58. The van der Waals surface area contributed by atoms with Crippen molar-refractivity contribution in [2.75, 3.05) is 0 Å². The van der Waals surface area contributed by atoms with Crippen LogP contribution in [0.4, 0.5) is 0 Å². The number of aromatic hydroxyl groups is 1. The van der Waals surface area contributed by atoms with Gasteiger partial charge in [-0.25, -0.2) is 0 Å². The smallest absolute Gasteiger partial charge is 0.152 e. The lowest BCUT2D eigenvalue weighted by molar-refractivity contribution is 0.484. The van der Waals surface area contributed by atoms with Crippen LogP contribution in [0.1, 0.15) is 5.56 Å². The molecule has 0 aliphatic heterocycles. The molecule has 0 saturated heterocycles. The molecule has 70 valence electrons. The van der Waals surface area contributed by atoms with Crippen molar-refractivity contribution in [2.24, 2.45) is 0 Å². The first-order valence-corrected chi connectivity index (χ1v) is 5.19. The maximum absolute atomic E-state index is 9.59. The second-order valence-corrected chi connectivity index (χ2v) is 4.48. The lowest BCUT2D eigenvalue weighted by Gasteiger charge is -1.95. The third-order valence-electron chi connectivity index (χ3n) is 2.00. The van der Waals surface area contributed by atoms with E-state index in [1.807, 2.05) is 12.1 Å². The third kappa shape index (κ3) is 1.33.